The van der Waals surface area contributed by atoms with Crippen LogP contribution in [0.15, 0.2) is 12.2 Å². The van der Waals surface area contributed by atoms with Gasteiger partial charge in [0, 0.05) is 18.8 Å². The van der Waals surface area contributed by atoms with Crippen LogP contribution in [0.1, 0.15) is 34.1 Å². The van der Waals surface area contributed by atoms with E-state index in [2.05, 4.69) is 6.58 Å². The molecule has 0 aromatic rings. The van der Waals surface area contributed by atoms with Crippen LogP contribution in [0.25, 0.3) is 0 Å². The maximum Gasteiger partial charge on any atom is 0.347 e. The van der Waals surface area contributed by atoms with E-state index in [1.807, 2.05) is 0 Å². The largest absolute Gasteiger partial charge is 0.461 e. The maximum atomic E-state index is 11.9. The lowest BCUT2D eigenvalue weighted by Gasteiger charge is -2.15. The number of carbonyl (C=O) groups is 4. The van der Waals surface area contributed by atoms with Gasteiger partial charge in [0.15, 0.2) is 12.2 Å². The van der Waals surface area contributed by atoms with Crippen LogP contribution in [0.4, 0.5) is 0 Å². The molecule has 0 aromatic carbocycles. The minimum absolute atomic E-state index is 0.0282. The zero-order chi connectivity index (χ0) is 22.2. The van der Waals surface area contributed by atoms with E-state index in [-0.39, 0.29) is 32.0 Å². The first-order chi connectivity index (χ1) is 13.7. The fourth-order valence-corrected chi connectivity index (χ4v) is 1.75. The lowest BCUT2D eigenvalue weighted by atomic mass is 10.2. The number of rotatable bonds is 15. The summed E-state index contributed by atoms with van der Waals surface area (Å²) in [5.41, 5.74) is -0.235. The Morgan fingerprint density at radius 3 is 1.66 bits per heavy atom. The van der Waals surface area contributed by atoms with Gasteiger partial charge in [-0.3, -0.25) is 4.79 Å². The summed E-state index contributed by atoms with van der Waals surface area (Å²) in [6.45, 7) is 11.2. The van der Waals surface area contributed by atoms with Crippen LogP contribution < -0.4 is 0 Å². The van der Waals surface area contributed by atoms with Crippen LogP contribution in [0.3, 0.4) is 0 Å². The number of hydrogen-bond acceptors (Lipinski definition) is 10. The molecule has 2 atom stereocenters. The van der Waals surface area contributed by atoms with Crippen molar-refractivity contribution in [2.75, 3.05) is 39.6 Å². The fourth-order valence-electron chi connectivity index (χ4n) is 1.75. The van der Waals surface area contributed by atoms with Gasteiger partial charge in [-0.1, -0.05) is 6.58 Å². The van der Waals surface area contributed by atoms with Gasteiger partial charge in [0.05, 0.1) is 19.6 Å². The standard InChI is InChI=1S/C19H30O10/c1-6-24-8-10-26-18(22)14(4)28-16(20)12-13(3)17(21)29-15(5)19(23)27-11-9-25-7-2/h14-15H,3,6-12H2,1-2,4-5H3. The molecule has 0 aliphatic heterocycles. The Balaban J connectivity index is 4.25. The summed E-state index contributed by atoms with van der Waals surface area (Å²) in [6, 6.07) is 0. The van der Waals surface area contributed by atoms with Crippen LogP contribution in [-0.2, 0) is 47.6 Å². The van der Waals surface area contributed by atoms with E-state index < -0.39 is 42.5 Å². The second-order valence-electron chi connectivity index (χ2n) is 5.69. The molecule has 10 heteroatoms. The van der Waals surface area contributed by atoms with E-state index in [1.54, 1.807) is 13.8 Å². The third-order valence-corrected chi connectivity index (χ3v) is 3.25. The smallest absolute Gasteiger partial charge is 0.347 e. The first-order valence-electron chi connectivity index (χ1n) is 9.29. The first-order valence-corrected chi connectivity index (χ1v) is 9.29. The fraction of sp³-hybridized carbons (Fsp3) is 0.684. The number of carbonyl (C=O) groups excluding carboxylic acids is 4. The summed E-state index contributed by atoms with van der Waals surface area (Å²) in [4.78, 5) is 47.1. The molecule has 10 nitrogen and oxygen atoms in total. The quantitative estimate of drug-likeness (QED) is 0.164. The predicted octanol–water partition coefficient (Wildman–Crippen LogP) is 0.956. The Hall–Kier alpha value is -2.46. The maximum absolute atomic E-state index is 11.9. The third-order valence-electron chi connectivity index (χ3n) is 3.25. The minimum atomic E-state index is -1.18. The normalized spacial score (nSPS) is 12.4. The average Bonchev–Trinajstić information content (AvgIpc) is 2.67. The van der Waals surface area contributed by atoms with Crippen molar-refractivity contribution < 1.29 is 47.6 Å². The number of hydrogen-bond donors (Lipinski definition) is 0. The summed E-state index contributed by atoms with van der Waals surface area (Å²) in [5, 5.41) is 0. The molecule has 0 saturated heterocycles. The minimum Gasteiger partial charge on any atom is -0.461 e. The van der Waals surface area contributed by atoms with Crippen molar-refractivity contribution in [2.24, 2.45) is 0 Å². The highest BCUT2D eigenvalue weighted by Crippen LogP contribution is 2.08. The van der Waals surface area contributed by atoms with Crippen molar-refractivity contribution in [1.82, 2.24) is 0 Å². The predicted molar refractivity (Wildman–Crippen MR) is 99.8 cm³/mol. The second-order valence-corrected chi connectivity index (χ2v) is 5.69. The molecule has 2 unspecified atom stereocenters. The van der Waals surface area contributed by atoms with Gasteiger partial charge in [-0.05, 0) is 27.7 Å². The van der Waals surface area contributed by atoms with Gasteiger partial charge in [0.2, 0.25) is 0 Å². The van der Waals surface area contributed by atoms with E-state index in [4.69, 9.17) is 28.4 Å². The molecule has 0 bridgehead atoms. The van der Waals surface area contributed by atoms with Gasteiger partial charge in [-0.15, -0.1) is 0 Å². The number of ether oxygens (including phenoxy) is 6. The van der Waals surface area contributed by atoms with Gasteiger partial charge in [-0.25, -0.2) is 14.4 Å². The molecule has 29 heavy (non-hydrogen) atoms. The van der Waals surface area contributed by atoms with Crippen molar-refractivity contribution in [2.45, 2.75) is 46.3 Å². The van der Waals surface area contributed by atoms with Crippen molar-refractivity contribution in [3.63, 3.8) is 0 Å². The highest BCUT2D eigenvalue weighted by Gasteiger charge is 2.24. The Labute approximate surface area is 170 Å². The van der Waals surface area contributed by atoms with Crippen LogP contribution in [0, 0.1) is 0 Å². The monoisotopic (exact) mass is 418 g/mol. The molecule has 0 radical (unpaired) electrons. The molecule has 0 aromatic heterocycles. The van der Waals surface area contributed by atoms with Gasteiger partial charge in [0.25, 0.3) is 0 Å². The van der Waals surface area contributed by atoms with E-state index >= 15 is 0 Å². The van der Waals surface area contributed by atoms with Crippen molar-refractivity contribution in [3.8, 4) is 0 Å². The lowest BCUT2D eigenvalue weighted by Crippen LogP contribution is -2.29. The summed E-state index contributed by atoms with van der Waals surface area (Å²) in [7, 11) is 0. The summed E-state index contributed by atoms with van der Waals surface area (Å²) < 4.78 is 29.6. The Bertz CT molecular complexity index is 557. The second kappa shape index (κ2) is 15.5. The SMILES string of the molecule is C=C(CC(=O)OC(C)C(=O)OCCOCC)C(=O)OC(C)C(=O)OCCOCC. The van der Waals surface area contributed by atoms with E-state index in [0.29, 0.717) is 13.2 Å². The Morgan fingerprint density at radius 2 is 1.21 bits per heavy atom. The molecule has 0 heterocycles. The van der Waals surface area contributed by atoms with Crippen LogP contribution >= 0.6 is 0 Å². The molecule has 0 aliphatic rings. The first kappa shape index (κ1) is 26.5. The zero-order valence-electron chi connectivity index (χ0n) is 17.4. The Morgan fingerprint density at radius 1 is 0.759 bits per heavy atom. The van der Waals surface area contributed by atoms with E-state index in [0.717, 1.165) is 0 Å². The average molecular weight is 418 g/mol. The van der Waals surface area contributed by atoms with Gasteiger partial charge >= 0.3 is 23.9 Å². The molecule has 0 aliphatic carbocycles. The van der Waals surface area contributed by atoms with E-state index in [9.17, 15) is 19.2 Å². The van der Waals surface area contributed by atoms with Crippen molar-refractivity contribution >= 4 is 23.9 Å². The molecule has 0 saturated carbocycles. The Kier molecular flexibility index (Phi) is 14.1. The molecule has 0 N–H and O–H groups in total. The molecule has 0 amide bonds. The summed E-state index contributed by atoms with van der Waals surface area (Å²) >= 11 is 0. The molecule has 166 valence electrons. The molecule has 0 spiro atoms. The van der Waals surface area contributed by atoms with Crippen LogP contribution in [-0.4, -0.2) is 75.7 Å². The highest BCUT2D eigenvalue weighted by atomic mass is 16.6. The molecule has 0 rings (SSSR count). The summed E-state index contributed by atoms with van der Waals surface area (Å²) in [5.74, 6) is -3.32. The van der Waals surface area contributed by atoms with Crippen molar-refractivity contribution in [3.05, 3.63) is 12.2 Å². The van der Waals surface area contributed by atoms with Crippen molar-refractivity contribution in [1.29, 1.82) is 0 Å². The summed E-state index contributed by atoms with van der Waals surface area (Å²) in [6.07, 6.45) is -2.86. The van der Waals surface area contributed by atoms with E-state index in [1.165, 1.54) is 13.8 Å². The third kappa shape index (κ3) is 12.6. The van der Waals surface area contributed by atoms with Crippen LogP contribution in [0.2, 0.25) is 0 Å². The van der Waals surface area contributed by atoms with Gasteiger partial charge in [0.1, 0.15) is 13.2 Å². The molecular weight excluding hydrogens is 388 g/mol. The van der Waals surface area contributed by atoms with Crippen LogP contribution in [0.5, 0.6) is 0 Å². The number of esters is 4. The zero-order valence-corrected chi connectivity index (χ0v) is 17.4. The molecular formula is C19H30O10. The van der Waals surface area contributed by atoms with Gasteiger partial charge < -0.3 is 28.4 Å². The van der Waals surface area contributed by atoms with Gasteiger partial charge in [-0.2, -0.15) is 0 Å². The lowest BCUT2D eigenvalue weighted by molar-refractivity contribution is -0.168. The topological polar surface area (TPSA) is 124 Å². The molecule has 0 fully saturated rings. The highest BCUT2D eigenvalue weighted by molar-refractivity contribution is 5.95.